The van der Waals surface area contributed by atoms with Crippen LogP contribution in [0.15, 0.2) is 6.20 Å². The first kappa shape index (κ1) is 12.6. The molecule has 2 unspecified atom stereocenters. The van der Waals surface area contributed by atoms with Crippen molar-refractivity contribution in [3.63, 3.8) is 0 Å². The zero-order chi connectivity index (χ0) is 12.4. The van der Waals surface area contributed by atoms with Gasteiger partial charge in [-0.2, -0.15) is 0 Å². The fraction of sp³-hybridized carbons (Fsp3) is 0.800. The lowest BCUT2D eigenvalue weighted by molar-refractivity contribution is 0.314. The highest BCUT2D eigenvalue weighted by Crippen LogP contribution is 2.38. The molecule has 2 aliphatic carbocycles. The molecule has 1 aromatic heterocycles. The van der Waals surface area contributed by atoms with Crippen molar-refractivity contribution in [2.24, 2.45) is 5.92 Å². The van der Waals surface area contributed by atoms with Gasteiger partial charge in [0.05, 0.1) is 5.01 Å². The van der Waals surface area contributed by atoms with Crippen LogP contribution in [0.25, 0.3) is 0 Å². The van der Waals surface area contributed by atoms with Crippen LogP contribution in [0, 0.1) is 5.92 Å². The molecule has 2 fully saturated rings. The summed E-state index contributed by atoms with van der Waals surface area (Å²) < 4.78 is 0. The van der Waals surface area contributed by atoms with E-state index in [1.807, 2.05) is 11.3 Å². The smallest absolute Gasteiger partial charge is 0.0959 e. The molecule has 2 nitrogen and oxygen atoms in total. The number of rotatable bonds is 5. The molecule has 0 spiro atoms. The molecule has 18 heavy (non-hydrogen) atoms. The third kappa shape index (κ3) is 3.12. The van der Waals surface area contributed by atoms with Crippen molar-refractivity contribution in [3.05, 3.63) is 16.1 Å². The average Bonchev–Trinajstić information content (AvgIpc) is 3.13. The van der Waals surface area contributed by atoms with Crippen LogP contribution in [0.3, 0.4) is 0 Å². The van der Waals surface area contributed by atoms with E-state index in [-0.39, 0.29) is 0 Å². The molecule has 3 rings (SSSR count). The quantitative estimate of drug-likeness (QED) is 0.867. The van der Waals surface area contributed by atoms with Gasteiger partial charge in [-0.05, 0) is 31.6 Å². The maximum absolute atomic E-state index is 4.69. The van der Waals surface area contributed by atoms with E-state index in [4.69, 9.17) is 0 Å². The lowest BCUT2D eigenvalue weighted by Gasteiger charge is -2.26. The predicted octanol–water partition coefficient (Wildman–Crippen LogP) is 4.08. The number of hydrogen-bond donors (Lipinski definition) is 1. The Balaban J connectivity index is 1.57. The first-order chi connectivity index (χ1) is 8.85. The van der Waals surface area contributed by atoms with Crippen molar-refractivity contribution in [3.8, 4) is 0 Å². The van der Waals surface area contributed by atoms with Crippen LogP contribution in [0.4, 0.5) is 0 Å². The highest BCUT2D eigenvalue weighted by atomic mass is 32.1. The van der Waals surface area contributed by atoms with E-state index in [0.717, 1.165) is 24.4 Å². The molecule has 2 aliphatic rings. The second-order valence-electron chi connectivity index (χ2n) is 5.96. The first-order valence-corrected chi connectivity index (χ1v) is 8.34. The Labute approximate surface area is 114 Å². The van der Waals surface area contributed by atoms with Gasteiger partial charge in [0.15, 0.2) is 0 Å². The fourth-order valence-corrected chi connectivity index (χ4v) is 4.03. The minimum atomic E-state index is 0.753. The van der Waals surface area contributed by atoms with Crippen LogP contribution >= 0.6 is 11.3 Å². The topological polar surface area (TPSA) is 24.9 Å². The van der Waals surface area contributed by atoms with E-state index in [0.29, 0.717) is 0 Å². The number of thiazole rings is 1. The van der Waals surface area contributed by atoms with Gasteiger partial charge in [0.25, 0.3) is 0 Å². The summed E-state index contributed by atoms with van der Waals surface area (Å²) in [6, 6.07) is 0.801. The lowest BCUT2D eigenvalue weighted by Crippen LogP contribution is -2.14. The lowest BCUT2D eigenvalue weighted by atomic mass is 9.80. The van der Waals surface area contributed by atoms with Crippen LogP contribution in [-0.2, 0) is 6.54 Å². The van der Waals surface area contributed by atoms with E-state index in [9.17, 15) is 0 Å². The van der Waals surface area contributed by atoms with Crippen molar-refractivity contribution in [1.29, 1.82) is 0 Å². The van der Waals surface area contributed by atoms with E-state index >= 15 is 0 Å². The van der Waals surface area contributed by atoms with Gasteiger partial charge in [-0.25, -0.2) is 4.98 Å². The van der Waals surface area contributed by atoms with Gasteiger partial charge >= 0.3 is 0 Å². The molecule has 0 aromatic carbocycles. The average molecular weight is 264 g/mol. The zero-order valence-electron chi connectivity index (χ0n) is 11.3. The second kappa shape index (κ2) is 5.70. The van der Waals surface area contributed by atoms with Crippen molar-refractivity contribution < 1.29 is 0 Å². The predicted molar refractivity (Wildman–Crippen MR) is 77.0 cm³/mol. The van der Waals surface area contributed by atoms with Crippen LogP contribution in [0.1, 0.15) is 67.7 Å². The van der Waals surface area contributed by atoms with Crippen LogP contribution < -0.4 is 5.32 Å². The maximum atomic E-state index is 4.69. The van der Waals surface area contributed by atoms with Gasteiger partial charge in [0.2, 0.25) is 0 Å². The molecule has 3 heteroatoms. The molecule has 0 aliphatic heterocycles. The molecule has 2 atom stereocenters. The Morgan fingerprint density at radius 1 is 1.33 bits per heavy atom. The number of nitrogens with zero attached hydrogens (tertiary/aromatic N) is 1. The molecular formula is C15H24N2S. The van der Waals surface area contributed by atoms with E-state index < -0.39 is 0 Å². The van der Waals surface area contributed by atoms with E-state index in [1.54, 1.807) is 0 Å². The Kier molecular flexibility index (Phi) is 4.00. The maximum Gasteiger partial charge on any atom is 0.0959 e. The van der Waals surface area contributed by atoms with Crippen molar-refractivity contribution in [2.75, 3.05) is 0 Å². The van der Waals surface area contributed by atoms with Gasteiger partial charge in [-0.1, -0.05) is 26.2 Å². The standard InChI is InChI=1S/C15H24N2S/c1-2-11-4-3-5-12(8-11)15-17-10-14(18-15)9-16-13-6-7-13/h10-13,16H,2-9H2,1H3. The highest BCUT2D eigenvalue weighted by molar-refractivity contribution is 7.11. The molecule has 0 radical (unpaired) electrons. The summed E-state index contributed by atoms with van der Waals surface area (Å²) in [4.78, 5) is 6.11. The van der Waals surface area contributed by atoms with Crippen molar-refractivity contribution in [2.45, 2.75) is 70.4 Å². The SMILES string of the molecule is CCC1CCCC(c2ncc(CNC3CC3)s2)C1. The van der Waals surface area contributed by atoms with E-state index in [2.05, 4.69) is 23.4 Å². The summed E-state index contributed by atoms with van der Waals surface area (Å²) in [5.41, 5.74) is 0. The monoisotopic (exact) mass is 264 g/mol. The number of aromatic nitrogens is 1. The van der Waals surface area contributed by atoms with E-state index in [1.165, 1.54) is 54.8 Å². The van der Waals surface area contributed by atoms with Gasteiger partial charge in [0, 0.05) is 29.6 Å². The summed E-state index contributed by atoms with van der Waals surface area (Å²) in [7, 11) is 0. The molecule has 0 saturated heterocycles. The zero-order valence-corrected chi connectivity index (χ0v) is 12.1. The molecule has 0 amide bonds. The Morgan fingerprint density at radius 3 is 3.00 bits per heavy atom. The third-order valence-electron chi connectivity index (χ3n) is 4.42. The Morgan fingerprint density at radius 2 is 2.22 bits per heavy atom. The van der Waals surface area contributed by atoms with Gasteiger partial charge < -0.3 is 5.32 Å². The number of nitrogens with one attached hydrogen (secondary N) is 1. The molecule has 0 bridgehead atoms. The molecule has 1 heterocycles. The summed E-state index contributed by atoms with van der Waals surface area (Å²) >= 11 is 1.95. The van der Waals surface area contributed by atoms with Crippen LogP contribution in [0.5, 0.6) is 0 Å². The summed E-state index contributed by atoms with van der Waals surface area (Å²) in [6.45, 7) is 3.37. The summed E-state index contributed by atoms with van der Waals surface area (Å²) in [5.74, 6) is 1.70. The van der Waals surface area contributed by atoms with Crippen molar-refractivity contribution in [1.82, 2.24) is 10.3 Å². The first-order valence-electron chi connectivity index (χ1n) is 7.53. The molecule has 2 saturated carbocycles. The largest absolute Gasteiger partial charge is 0.309 e. The minimum absolute atomic E-state index is 0.753. The second-order valence-corrected chi connectivity index (χ2v) is 7.10. The fourth-order valence-electron chi connectivity index (χ4n) is 3.01. The Hall–Kier alpha value is -0.410. The number of hydrogen-bond acceptors (Lipinski definition) is 3. The van der Waals surface area contributed by atoms with Gasteiger partial charge in [0.1, 0.15) is 0 Å². The highest BCUT2D eigenvalue weighted by Gasteiger charge is 2.25. The van der Waals surface area contributed by atoms with Crippen molar-refractivity contribution >= 4 is 11.3 Å². The van der Waals surface area contributed by atoms with Crippen LogP contribution in [0.2, 0.25) is 0 Å². The van der Waals surface area contributed by atoms with Gasteiger partial charge in [-0.15, -0.1) is 11.3 Å². The molecular weight excluding hydrogens is 240 g/mol. The molecule has 1 aromatic rings. The molecule has 100 valence electrons. The Bertz CT molecular complexity index is 384. The normalized spacial score (nSPS) is 28.5. The minimum Gasteiger partial charge on any atom is -0.309 e. The third-order valence-corrected chi connectivity index (χ3v) is 5.58. The van der Waals surface area contributed by atoms with Crippen LogP contribution in [-0.4, -0.2) is 11.0 Å². The molecule has 1 N–H and O–H groups in total. The summed E-state index contributed by atoms with van der Waals surface area (Å²) in [5, 5.41) is 4.98. The van der Waals surface area contributed by atoms with Gasteiger partial charge in [-0.3, -0.25) is 0 Å². The summed E-state index contributed by atoms with van der Waals surface area (Å²) in [6.07, 6.45) is 11.8.